The fraction of sp³-hybridized carbons (Fsp3) is 0.429. The molecule has 1 aliphatic rings. The standard InChI is InChI=1S/C14H18N2O2/c1-10(17)15-13(11-5-3-2-4-6-11)9-14(18)16-12-7-8-12/h2-6,12-13H,7-9H2,1H3,(H,15,17)(H,16,18)/t13-/m1/s1. The second-order valence-corrected chi connectivity index (χ2v) is 4.71. The minimum absolute atomic E-state index is 0.0000954. The largest absolute Gasteiger partial charge is 0.353 e. The van der Waals surface area contributed by atoms with Crippen LogP contribution in [-0.2, 0) is 9.59 Å². The number of benzene rings is 1. The third kappa shape index (κ3) is 3.87. The third-order valence-corrected chi connectivity index (χ3v) is 2.91. The summed E-state index contributed by atoms with van der Waals surface area (Å²) in [5, 5.41) is 5.76. The average molecular weight is 246 g/mol. The molecule has 2 rings (SSSR count). The molecule has 0 radical (unpaired) electrons. The predicted molar refractivity (Wildman–Crippen MR) is 68.8 cm³/mol. The van der Waals surface area contributed by atoms with Crippen molar-refractivity contribution in [1.29, 1.82) is 0 Å². The Morgan fingerprint density at radius 1 is 1.28 bits per heavy atom. The zero-order chi connectivity index (χ0) is 13.0. The van der Waals surface area contributed by atoms with Crippen LogP contribution >= 0.6 is 0 Å². The second kappa shape index (κ2) is 5.67. The number of hydrogen-bond donors (Lipinski definition) is 2. The van der Waals surface area contributed by atoms with Gasteiger partial charge >= 0.3 is 0 Å². The number of hydrogen-bond acceptors (Lipinski definition) is 2. The fourth-order valence-corrected chi connectivity index (χ4v) is 1.88. The molecule has 1 aromatic rings. The summed E-state index contributed by atoms with van der Waals surface area (Å²) in [4.78, 5) is 23.0. The smallest absolute Gasteiger partial charge is 0.222 e. The summed E-state index contributed by atoms with van der Waals surface area (Å²) in [6, 6.07) is 9.68. The summed E-state index contributed by atoms with van der Waals surface area (Å²) >= 11 is 0. The van der Waals surface area contributed by atoms with Crippen LogP contribution in [0.15, 0.2) is 30.3 Å². The molecule has 2 N–H and O–H groups in total. The van der Waals surface area contributed by atoms with Gasteiger partial charge in [-0.05, 0) is 18.4 Å². The van der Waals surface area contributed by atoms with Gasteiger partial charge in [0.15, 0.2) is 0 Å². The molecule has 4 nitrogen and oxygen atoms in total. The highest BCUT2D eigenvalue weighted by atomic mass is 16.2. The SMILES string of the molecule is CC(=O)N[C@H](CC(=O)NC1CC1)c1ccccc1. The first-order chi connectivity index (χ1) is 8.65. The lowest BCUT2D eigenvalue weighted by Gasteiger charge is -2.18. The van der Waals surface area contributed by atoms with Gasteiger partial charge in [-0.15, -0.1) is 0 Å². The lowest BCUT2D eigenvalue weighted by atomic mass is 10.0. The fourth-order valence-electron chi connectivity index (χ4n) is 1.88. The Morgan fingerprint density at radius 2 is 1.94 bits per heavy atom. The monoisotopic (exact) mass is 246 g/mol. The van der Waals surface area contributed by atoms with Gasteiger partial charge in [-0.2, -0.15) is 0 Å². The van der Waals surface area contributed by atoms with Crippen molar-refractivity contribution in [3.05, 3.63) is 35.9 Å². The molecule has 1 fully saturated rings. The molecular formula is C14H18N2O2. The first kappa shape index (κ1) is 12.6. The van der Waals surface area contributed by atoms with E-state index in [1.165, 1.54) is 6.92 Å². The van der Waals surface area contributed by atoms with Gasteiger partial charge in [0, 0.05) is 13.0 Å². The molecule has 18 heavy (non-hydrogen) atoms. The first-order valence-corrected chi connectivity index (χ1v) is 6.26. The Kier molecular flexibility index (Phi) is 3.97. The van der Waals surface area contributed by atoms with Gasteiger partial charge in [0.25, 0.3) is 0 Å². The number of carbonyl (C=O) groups excluding carboxylic acids is 2. The maximum atomic E-state index is 11.8. The van der Waals surface area contributed by atoms with Crippen molar-refractivity contribution in [1.82, 2.24) is 10.6 Å². The van der Waals surface area contributed by atoms with E-state index in [0.717, 1.165) is 18.4 Å². The van der Waals surface area contributed by atoms with Gasteiger partial charge in [0.05, 0.1) is 12.5 Å². The summed E-state index contributed by atoms with van der Waals surface area (Å²) in [6.45, 7) is 1.47. The van der Waals surface area contributed by atoms with Crippen LogP contribution in [0.3, 0.4) is 0 Å². The highest BCUT2D eigenvalue weighted by Crippen LogP contribution is 2.21. The van der Waals surface area contributed by atoms with E-state index >= 15 is 0 Å². The van der Waals surface area contributed by atoms with Crippen LogP contribution in [0.4, 0.5) is 0 Å². The Labute approximate surface area is 107 Å². The van der Waals surface area contributed by atoms with Crippen LogP contribution in [0.1, 0.15) is 37.8 Å². The van der Waals surface area contributed by atoms with Gasteiger partial charge in [-0.25, -0.2) is 0 Å². The summed E-state index contributed by atoms with van der Waals surface area (Å²) < 4.78 is 0. The van der Waals surface area contributed by atoms with E-state index in [4.69, 9.17) is 0 Å². The minimum atomic E-state index is -0.248. The quantitative estimate of drug-likeness (QED) is 0.827. The van der Waals surface area contributed by atoms with Gasteiger partial charge < -0.3 is 10.6 Å². The van der Waals surface area contributed by atoms with E-state index in [2.05, 4.69) is 10.6 Å². The molecule has 1 aliphatic carbocycles. The maximum absolute atomic E-state index is 11.8. The third-order valence-electron chi connectivity index (χ3n) is 2.91. The molecule has 1 atom stereocenters. The number of carbonyl (C=O) groups is 2. The molecule has 2 amide bonds. The van der Waals surface area contributed by atoms with Crippen molar-refractivity contribution < 1.29 is 9.59 Å². The van der Waals surface area contributed by atoms with Crippen LogP contribution in [0.2, 0.25) is 0 Å². The highest BCUT2D eigenvalue weighted by Gasteiger charge is 2.25. The Hall–Kier alpha value is -1.84. The number of rotatable bonds is 5. The van der Waals surface area contributed by atoms with Gasteiger partial charge in [-0.3, -0.25) is 9.59 Å². The van der Waals surface area contributed by atoms with Crippen LogP contribution in [0, 0.1) is 0 Å². The van der Waals surface area contributed by atoms with E-state index in [9.17, 15) is 9.59 Å². The molecule has 0 aliphatic heterocycles. The van der Waals surface area contributed by atoms with Crippen LogP contribution in [-0.4, -0.2) is 17.9 Å². The van der Waals surface area contributed by atoms with Crippen molar-refractivity contribution >= 4 is 11.8 Å². The molecular weight excluding hydrogens is 228 g/mol. The van der Waals surface area contributed by atoms with Crippen molar-refractivity contribution in [2.45, 2.75) is 38.3 Å². The van der Waals surface area contributed by atoms with Gasteiger partial charge in [-0.1, -0.05) is 30.3 Å². The summed E-state index contributed by atoms with van der Waals surface area (Å²) in [6.07, 6.45) is 2.43. The van der Waals surface area contributed by atoms with Crippen molar-refractivity contribution in [3.63, 3.8) is 0 Å². The van der Waals surface area contributed by atoms with Crippen LogP contribution < -0.4 is 10.6 Å². The molecule has 0 unspecified atom stereocenters. The van der Waals surface area contributed by atoms with E-state index in [1.807, 2.05) is 30.3 Å². The molecule has 0 spiro atoms. The average Bonchev–Trinajstić information content (AvgIpc) is 3.12. The summed E-state index contributed by atoms with van der Waals surface area (Å²) in [7, 11) is 0. The Morgan fingerprint density at radius 3 is 2.50 bits per heavy atom. The maximum Gasteiger partial charge on any atom is 0.222 e. The molecule has 4 heteroatoms. The van der Waals surface area contributed by atoms with Gasteiger partial charge in [0.2, 0.25) is 11.8 Å². The van der Waals surface area contributed by atoms with Crippen LogP contribution in [0.25, 0.3) is 0 Å². The molecule has 1 saturated carbocycles. The van der Waals surface area contributed by atoms with E-state index in [0.29, 0.717) is 12.5 Å². The zero-order valence-corrected chi connectivity index (χ0v) is 10.5. The summed E-state index contributed by atoms with van der Waals surface area (Å²) in [5.74, 6) is -0.122. The number of amides is 2. The molecule has 0 saturated heterocycles. The normalized spacial score (nSPS) is 15.8. The highest BCUT2D eigenvalue weighted by molar-refractivity contribution is 5.79. The van der Waals surface area contributed by atoms with Crippen LogP contribution in [0.5, 0.6) is 0 Å². The number of nitrogens with one attached hydrogen (secondary N) is 2. The van der Waals surface area contributed by atoms with E-state index < -0.39 is 0 Å². The molecule has 96 valence electrons. The molecule has 1 aromatic carbocycles. The van der Waals surface area contributed by atoms with Crippen molar-refractivity contribution in [2.75, 3.05) is 0 Å². The Bertz CT molecular complexity index is 427. The minimum Gasteiger partial charge on any atom is -0.353 e. The lowest BCUT2D eigenvalue weighted by Crippen LogP contribution is -2.33. The summed E-state index contributed by atoms with van der Waals surface area (Å²) in [5.41, 5.74) is 0.957. The van der Waals surface area contributed by atoms with Crippen molar-refractivity contribution in [2.24, 2.45) is 0 Å². The van der Waals surface area contributed by atoms with E-state index in [-0.39, 0.29) is 17.9 Å². The topological polar surface area (TPSA) is 58.2 Å². The predicted octanol–water partition coefficient (Wildman–Crippen LogP) is 1.53. The lowest BCUT2D eigenvalue weighted by molar-refractivity contribution is -0.122. The first-order valence-electron chi connectivity index (χ1n) is 6.26. The molecule has 0 bridgehead atoms. The Balaban J connectivity index is 1.99. The second-order valence-electron chi connectivity index (χ2n) is 4.71. The van der Waals surface area contributed by atoms with E-state index in [1.54, 1.807) is 0 Å². The zero-order valence-electron chi connectivity index (χ0n) is 10.5. The molecule has 0 aromatic heterocycles. The molecule has 0 heterocycles. The van der Waals surface area contributed by atoms with Gasteiger partial charge in [0.1, 0.15) is 0 Å². The van der Waals surface area contributed by atoms with Crippen molar-refractivity contribution in [3.8, 4) is 0 Å².